The van der Waals surface area contributed by atoms with Crippen LogP contribution in [0.1, 0.15) is 65.8 Å². The van der Waals surface area contributed by atoms with Crippen molar-refractivity contribution in [3.8, 4) is 59.0 Å². The van der Waals surface area contributed by atoms with Gasteiger partial charge >= 0.3 is 0 Å². The lowest BCUT2D eigenvalue weighted by molar-refractivity contribution is -0.125. The maximum absolute atomic E-state index is 12.2. The Hall–Kier alpha value is -8.16. The van der Waals surface area contributed by atoms with Gasteiger partial charge in [-0.3, -0.25) is 18.4 Å². The summed E-state index contributed by atoms with van der Waals surface area (Å²) < 4.78 is 25.1. The number of hydrogen-bond acceptors (Lipinski definition) is 12. The van der Waals surface area contributed by atoms with Gasteiger partial charge in [0.15, 0.2) is 11.6 Å². The first-order valence-electron chi connectivity index (χ1n) is 20.0. The number of aromatic nitrogens is 6. The van der Waals surface area contributed by atoms with Gasteiger partial charge in [-0.05, 0) is 67.9 Å². The van der Waals surface area contributed by atoms with Gasteiger partial charge in [0.2, 0.25) is 5.91 Å². The van der Waals surface area contributed by atoms with Gasteiger partial charge in [0.1, 0.15) is 57.1 Å². The number of carbonyl (C=O) groups excluding carboxylic acids is 2. The quantitative estimate of drug-likeness (QED) is 0.172. The molecule has 320 valence electrons. The number of likely N-dealkylation sites (tertiary alicyclic amines) is 2. The summed E-state index contributed by atoms with van der Waals surface area (Å²) in [7, 11) is 6.37. The fraction of sp³-hybridized carbons (Fsp3) is 0.277. The third kappa shape index (κ3) is 9.28. The van der Waals surface area contributed by atoms with Crippen LogP contribution in [0.2, 0.25) is 0 Å². The first kappa shape index (κ1) is 42.9. The molecule has 63 heavy (non-hydrogen) atoms. The molecular formula is C47H46N10O6. The number of amides is 2. The van der Waals surface area contributed by atoms with Crippen LogP contribution in [0.25, 0.3) is 11.0 Å². The molecule has 0 aliphatic carbocycles. The highest BCUT2D eigenvalue weighted by Gasteiger charge is 2.32. The Morgan fingerprint density at radius 3 is 1.52 bits per heavy atom. The van der Waals surface area contributed by atoms with Crippen LogP contribution in [0.15, 0.2) is 73.3 Å². The molecule has 2 atom stereocenters. The van der Waals surface area contributed by atoms with Crippen molar-refractivity contribution in [1.82, 2.24) is 38.5 Å². The number of allylic oxidation sites excluding steroid dienone is 1. The number of nitrogens with two attached hydrogens (primary N) is 2. The number of nitrogens with zero attached hydrogens (tertiary/aromatic N) is 8. The van der Waals surface area contributed by atoms with Gasteiger partial charge in [0.05, 0.1) is 28.4 Å². The summed E-state index contributed by atoms with van der Waals surface area (Å²) >= 11 is 0. The predicted molar refractivity (Wildman–Crippen MR) is 237 cm³/mol. The van der Waals surface area contributed by atoms with Crippen LogP contribution in [-0.2, 0) is 9.59 Å². The lowest BCUT2D eigenvalue weighted by atomic mass is 10.1. The van der Waals surface area contributed by atoms with E-state index in [4.69, 9.17) is 46.8 Å². The van der Waals surface area contributed by atoms with Crippen LogP contribution in [-0.4, -0.2) is 105 Å². The fourth-order valence-electron chi connectivity index (χ4n) is 7.61. The molecule has 2 saturated heterocycles. The van der Waals surface area contributed by atoms with E-state index < -0.39 is 0 Å². The van der Waals surface area contributed by atoms with Crippen molar-refractivity contribution in [1.29, 1.82) is 0 Å². The summed E-state index contributed by atoms with van der Waals surface area (Å²) in [4.78, 5) is 45.6. The molecule has 0 radical (unpaired) electrons. The molecule has 8 rings (SSSR count). The molecule has 2 aliphatic heterocycles. The number of anilines is 2. The highest BCUT2D eigenvalue weighted by atomic mass is 16.5. The normalized spacial score (nSPS) is 15.5. The number of rotatable bonds is 7. The minimum atomic E-state index is -0.309. The van der Waals surface area contributed by atoms with E-state index in [2.05, 4.69) is 39.6 Å². The van der Waals surface area contributed by atoms with Gasteiger partial charge in [-0.1, -0.05) is 17.9 Å². The molecular weight excluding hydrogens is 801 g/mol. The lowest BCUT2D eigenvalue weighted by Crippen LogP contribution is -2.27. The van der Waals surface area contributed by atoms with E-state index in [9.17, 15) is 9.59 Å². The van der Waals surface area contributed by atoms with Gasteiger partial charge in [-0.15, -0.1) is 6.42 Å². The Kier molecular flexibility index (Phi) is 13.0. The third-order valence-electron chi connectivity index (χ3n) is 10.7. The molecule has 2 amide bonds. The highest BCUT2D eigenvalue weighted by Crippen LogP contribution is 2.32. The molecule has 2 aliphatic rings. The Bertz CT molecular complexity index is 2860. The number of nitrogen functional groups attached to an aromatic ring is 2. The molecule has 0 bridgehead atoms. The monoisotopic (exact) mass is 846 g/mol. The molecule has 4 aromatic heterocycles. The second-order valence-electron chi connectivity index (χ2n) is 14.6. The number of ether oxygens (including phenoxy) is 4. The zero-order valence-electron chi connectivity index (χ0n) is 35.6. The molecule has 0 spiro atoms. The minimum absolute atomic E-state index is 0.0176. The van der Waals surface area contributed by atoms with Crippen molar-refractivity contribution in [2.45, 2.75) is 31.6 Å². The van der Waals surface area contributed by atoms with E-state index in [1.165, 1.54) is 0 Å². The summed E-state index contributed by atoms with van der Waals surface area (Å²) in [5.41, 5.74) is 16.2. The Labute approximate surface area is 364 Å². The summed E-state index contributed by atoms with van der Waals surface area (Å²) in [5, 5.41) is 0. The smallest absolute Gasteiger partial charge is 0.298 e. The van der Waals surface area contributed by atoms with E-state index in [0.29, 0.717) is 88.8 Å². The van der Waals surface area contributed by atoms with Crippen molar-refractivity contribution < 1.29 is 28.5 Å². The Balaban J connectivity index is 0.000000189. The second kappa shape index (κ2) is 19.0. The van der Waals surface area contributed by atoms with Crippen molar-refractivity contribution in [2.24, 2.45) is 0 Å². The van der Waals surface area contributed by atoms with Gasteiger partial charge in [-0.25, -0.2) is 19.9 Å². The fourth-order valence-corrected chi connectivity index (χ4v) is 7.61. The van der Waals surface area contributed by atoms with E-state index in [-0.39, 0.29) is 23.7 Å². The Morgan fingerprint density at radius 2 is 1.11 bits per heavy atom. The summed E-state index contributed by atoms with van der Waals surface area (Å²) in [5.74, 6) is 19.4. The first-order valence-corrected chi connectivity index (χ1v) is 20.0. The van der Waals surface area contributed by atoms with Gasteiger partial charge < -0.3 is 40.2 Å². The molecule has 0 unspecified atom stereocenters. The predicted octanol–water partition coefficient (Wildman–Crippen LogP) is 4.30. The number of hydrogen-bond donors (Lipinski definition) is 2. The number of imidazole rings is 2. The van der Waals surface area contributed by atoms with Crippen molar-refractivity contribution in [3.63, 3.8) is 0 Å². The second-order valence-corrected chi connectivity index (χ2v) is 14.6. The maximum atomic E-state index is 12.2. The molecule has 6 aromatic rings. The molecule has 0 saturated carbocycles. The number of carbonyl (C=O) groups is 2. The maximum Gasteiger partial charge on any atom is 0.298 e. The molecule has 2 aromatic carbocycles. The number of benzene rings is 2. The summed E-state index contributed by atoms with van der Waals surface area (Å²) in [6.45, 7) is 4.22. The molecule has 16 heteroatoms. The molecule has 16 nitrogen and oxygen atoms in total. The van der Waals surface area contributed by atoms with Gasteiger partial charge in [-0.2, -0.15) is 0 Å². The Morgan fingerprint density at radius 1 is 0.683 bits per heavy atom. The zero-order valence-corrected chi connectivity index (χ0v) is 35.6. The third-order valence-corrected chi connectivity index (χ3v) is 10.7. The number of methoxy groups -OCH3 is 4. The molecule has 4 N–H and O–H groups in total. The van der Waals surface area contributed by atoms with Crippen LogP contribution >= 0.6 is 0 Å². The summed E-state index contributed by atoms with van der Waals surface area (Å²) in [6.07, 6.45) is 17.1. The zero-order chi connectivity index (χ0) is 44.6. The van der Waals surface area contributed by atoms with Crippen LogP contribution in [0.3, 0.4) is 0 Å². The SMILES string of the molecule is C#CC(=O)N1CC[C@H](c2nc(C#Cc3cc(OC)cc(OC)c3)c3c(N)nccn23)C1.C/C=C/C(=O)N1CC[C@H](c2nc(C#Cc3cc(OC)cc(OC)c3)c3c(N)nccn23)C1. The average molecular weight is 847 g/mol. The van der Waals surface area contributed by atoms with Gasteiger partial charge in [0, 0.05) is 86.1 Å². The van der Waals surface area contributed by atoms with Crippen LogP contribution in [0.4, 0.5) is 11.6 Å². The van der Waals surface area contributed by atoms with Crippen LogP contribution in [0, 0.1) is 36.0 Å². The van der Waals surface area contributed by atoms with Crippen LogP contribution in [0.5, 0.6) is 23.0 Å². The summed E-state index contributed by atoms with van der Waals surface area (Å²) in [6, 6.07) is 10.9. The van der Waals surface area contributed by atoms with E-state index in [0.717, 1.165) is 30.1 Å². The topological polar surface area (TPSA) is 190 Å². The van der Waals surface area contributed by atoms with Crippen molar-refractivity contribution in [3.05, 3.63) is 108 Å². The number of terminal acetylenes is 1. The van der Waals surface area contributed by atoms with E-state index in [1.807, 2.05) is 51.1 Å². The average Bonchev–Trinajstić information content (AvgIpc) is 4.13. The largest absolute Gasteiger partial charge is 0.497 e. The molecule has 6 heterocycles. The van der Waals surface area contributed by atoms with Gasteiger partial charge in [0.25, 0.3) is 5.91 Å². The highest BCUT2D eigenvalue weighted by molar-refractivity contribution is 5.93. The van der Waals surface area contributed by atoms with Crippen LogP contribution < -0.4 is 30.4 Å². The lowest BCUT2D eigenvalue weighted by Gasteiger charge is -2.14. The molecule has 2 fully saturated rings. The van der Waals surface area contributed by atoms with Crippen molar-refractivity contribution >= 4 is 34.5 Å². The number of fused-ring (bicyclic) bond motifs is 2. The minimum Gasteiger partial charge on any atom is -0.497 e. The van der Waals surface area contributed by atoms with Crippen molar-refractivity contribution in [2.75, 3.05) is 66.1 Å². The van der Waals surface area contributed by atoms with E-state index >= 15 is 0 Å². The standard InChI is InChI=1S/C24H25N5O3.C23H21N5O3/c1-4-5-21(30)28-10-8-17(15-28)24-27-20(22-23(25)26-9-11-29(22)24)7-6-16-12-18(31-2)14-19(13-16)32-3;1-4-20(29)27-9-7-16(14-27)23-26-19(21-22(24)25-8-10-28(21)23)6-5-15-11-17(30-2)13-18(12-15)31-3/h4-5,9,11-14,17H,8,10,15H2,1-3H3,(H2,25,26);1,8,10-13,16H,7,9,14H2,2-3H3,(H2,24,25)/b5-4+;/t17-;16-/m00/s1. The van der Waals surface area contributed by atoms with E-state index in [1.54, 1.807) is 76.2 Å². The first-order chi connectivity index (χ1) is 30.6.